The van der Waals surface area contributed by atoms with Crippen LogP contribution in [0.25, 0.3) is 0 Å². The summed E-state index contributed by atoms with van der Waals surface area (Å²) in [6.45, 7) is 3.68. The zero-order chi connectivity index (χ0) is 9.14. The van der Waals surface area contributed by atoms with Crippen LogP contribution < -0.4 is 0 Å². The maximum absolute atomic E-state index is 11.1. The molecule has 12 heavy (non-hydrogen) atoms. The minimum Gasteiger partial charge on any atom is -0.295 e. The van der Waals surface area contributed by atoms with Crippen LogP contribution in [0.5, 0.6) is 0 Å². The smallest absolute Gasteiger partial charge is 0.159 e. The number of halogens is 1. The molecule has 0 aromatic heterocycles. The van der Waals surface area contributed by atoms with Crippen molar-refractivity contribution in [3.63, 3.8) is 0 Å². The molecule has 1 nitrogen and oxygen atoms in total. The Morgan fingerprint density at radius 2 is 2.17 bits per heavy atom. The third kappa shape index (κ3) is 2.59. The molecule has 0 spiro atoms. The van der Waals surface area contributed by atoms with Gasteiger partial charge in [0, 0.05) is 9.15 Å². The third-order valence-corrected chi connectivity index (χ3v) is 2.35. The first kappa shape index (κ1) is 9.71. The zero-order valence-electron chi connectivity index (χ0n) is 7.23. The number of allylic oxidation sites excluding steroid dienone is 6. The van der Waals surface area contributed by atoms with Gasteiger partial charge in [0.15, 0.2) is 5.78 Å². The molecule has 1 aliphatic carbocycles. The van der Waals surface area contributed by atoms with E-state index in [1.807, 2.05) is 12.2 Å². The Balaban J connectivity index is 2.97. The van der Waals surface area contributed by atoms with Crippen LogP contribution in [0.4, 0.5) is 0 Å². The number of carbonyl (C=O) groups is 1. The van der Waals surface area contributed by atoms with Gasteiger partial charge in [-0.25, -0.2) is 0 Å². The van der Waals surface area contributed by atoms with Gasteiger partial charge in [0.2, 0.25) is 0 Å². The number of rotatable bonds is 1. The van der Waals surface area contributed by atoms with E-state index < -0.39 is 0 Å². The minimum absolute atomic E-state index is 0.146. The highest BCUT2D eigenvalue weighted by atomic mass is 127. The number of ketones is 1. The van der Waals surface area contributed by atoms with Crippen molar-refractivity contribution in [3.8, 4) is 0 Å². The molecule has 1 aliphatic rings. The Morgan fingerprint density at radius 1 is 1.50 bits per heavy atom. The second-order valence-electron chi connectivity index (χ2n) is 2.94. The van der Waals surface area contributed by atoms with Crippen LogP contribution in [0.1, 0.15) is 20.3 Å². The molecule has 0 N–H and O–H groups in total. The molecule has 64 valence electrons. The van der Waals surface area contributed by atoms with E-state index in [2.05, 4.69) is 35.6 Å². The average molecular weight is 274 g/mol. The number of carbonyl (C=O) groups excluding carboxylic acids is 1. The summed E-state index contributed by atoms with van der Waals surface area (Å²) in [6, 6.07) is 0. The van der Waals surface area contributed by atoms with Crippen LogP contribution >= 0.6 is 22.6 Å². The number of hydrogen-bond donors (Lipinski definition) is 0. The number of Topliss-reactive ketones (excluding diaryl/α,β-unsaturated/α-hetero) is 1. The normalized spacial score (nSPS) is 17.4. The predicted molar refractivity (Wildman–Crippen MR) is 59.2 cm³/mol. The fourth-order valence-corrected chi connectivity index (χ4v) is 1.93. The van der Waals surface area contributed by atoms with Crippen molar-refractivity contribution in [1.82, 2.24) is 0 Å². The Kier molecular flexibility index (Phi) is 3.26. The van der Waals surface area contributed by atoms with Gasteiger partial charge in [-0.3, -0.25) is 4.79 Å². The molecule has 0 amide bonds. The Morgan fingerprint density at radius 3 is 2.75 bits per heavy atom. The Labute approximate surface area is 86.4 Å². The van der Waals surface area contributed by atoms with E-state index in [9.17, 15) is 4.79 Å². The van der Waals surface area contributed by atoms with Crippen LogP contribution in [0.2, 0.25) is 0 Å². The van der Waals surface area contributed by atoms with Gasteiger partial charge in [0.1, 0.15) is 0 Å². The van der Waals surface area contributed by atoms with Crippen molar-refractivity contribution in [2.75, 3.05) is 0 Å². The van der Waals surface area contributed by atoms with Crippen LogP contribution in [-0.2, 0) is 4.79 Å². The maximum atomic E-state index is 11.1. The van der Waals surface area contributed by atoms with Crippen LogP contribution in [0.15, 0.2) is 33.0 Å². The van der Waals surface area contributed by atoms with Gasteiger partial charge in [0.25, 0.3) is 0 Å². The molecule has 0 bridgehead atoms. The Hall–Kier alpha value is -0.380. The lowest BCUT2D eigenvalue weighted by Crippen LogP contribution is -1.92. The molecule has 0 radical (unpaired) electrons. The van der Waals surface area contributed by atoms with Crippen LogP contribution in [-0.4, -0.2) is 5.78 Å². The fourth-order valence-electron chi connectivity index (χ4n) is 1.06. The molecule has 0 saturated carbocycles. The van der Waals surface area contributed by atoms with Crippen molar-refractivity contribution in [2.45, 2.75) is 20.3 Å². The van der Waals surface area contributed by atoms with Crippen molar-refractivity contribution >= 4 is 28.4 Å². The van der Waals surface area contributed by atoms with Gasteiger partial charge in [0.05, 0.1) is 0 Å². The summed E-state index contributed by atoms with van der Waals surface area (Å²) in [7, 11) is 0. The summed E-state index contributed by atoms with van der Waals surface area (Å²) < 4.78 is 1.13. The fraction of sp³-hybridized carbons (Fsp3) is 0.300. The molecule has 0 fully saturated rings. The summed E-state index contributed by atoms with van der Waals surface area (Å²) >= 11 is 2.24. The molecule has 0 aliphatic heterocycles. The highest BCUT2D eigenvalue weighted by molar-refractivity contribution is 14.1. The topological polar surface area (TPSA) is 17.1 Å². The molecule has 0 heterocycles. The summed E-state index contributed by atoms with van der Waals surface area (Å²) in [6.07, 6.45) is 6.91. The first-order valence-corrected chi connectivity index (χ1v) is 4.93. The molecule has 0 aromatic carbocycles. The highest BCUT2D eigenvalue weighted by Gasteiger charge is 2.04. The molecular formula is C10H11IO. The van der Waals surface area contributed by atoms with Crippen LogP contribution in [0, 0.1) is 0 Å². The summed E-state index contributed by atoms with van der Waals surface area (Å²) in [4.78, 5) is 11.1. The summed E-state index contributed by atoms with van der Waals surface area (Å²) in [5, 5.41) is 0. The summed E-state index contributed by atoms with van der Waals surface area (Å²) in [5.41, 5.74) is 2.12. The lowest BCUT2D eigenvalue weighted by molar-refractivity contribution is -0.113. The molecule has 0 saturated heterocycles. The standard InChI is InChI=1S/C10H11IO/c1-7-3-4-9(8(2)12)6-10(11)5-7/h4-6H,3H2,1-2H3. The van der Waals surface area contributed by atoms with Gasteiger partial charge in [-0.2, -0.15) is 0 Å². The average Bonchev–Trinajstić information content (AvgIpc) is 2.11. The second kappa shape index (κ2) is 4.03. The summed E-state index contributed by atoms with van der Waals surface area (Å²) in [5.74, 6) is 0.146. The van der Waals surface area contributed by atoms with Crippen molar-refractivity contribution in [1.29, 1.82) is 0 Å². The van der Waals surface area contributed by atoms with Gasteiger partial charge in [-0.15, -0.1) is 0 Å². The van der Waals surface area contributed by atoms with Gasteiger partial charge >= 0.3 is 0 Å². The second-order valence-corrected chi connectivity index (χ2v) is 4.19. The lowest BCUT2D eigenvalue weighted by atomic mass is 10.1. The van der Waals surface area contributed by atoms with E-state index in [1.54, 1.807) is 6.92 Å². The molecule has 0 unspecified atom stereocenters. The van der Waals surface area contributed by atoms with E-state index in [-0.39, 0.29) is 5.78 Å². The lowest BCUT2D eigenvalue weighted by Gasteiger charge is -1.93. The maximum Gasteiger partial charge on any atom is 0.159 e. The van der Waals surface area contributed by atoms with Crippen LogP contribution in [0.3, 0.4) is 0 Å². The first-order chi connectivity index (χ1) is 5.59. The monoisotopic (exact) mass is 274 g/mol. The predicted octanol–water partition coefficient (Wildman–Crippen LogP) is 3.17. The van der Waals surface area contributed by atoms with E-state index >= 15 is 0 Å². The van der Waals surface area contributed by atoms with Crippen molar-refractivity contribution in [3.05, 3.63) is 33.0 Å². The van der Waals surface area contributed by atoms with Gasteiger partial charge in [-0.1, -0.05) is 11.6 Å². The van der Waals surface area contributed by atoms with Crippen molar-refractivity contribution < 1.29 is 4.79 Å². The molecular weight excluding hydrogens is 263 g/mol. The molecule has 1 rings (SSSR count). The van der Waals surface area contributed by atoms with E-state index in [0.29, 0.717) is 0 Å². The largest absolute Gasteiger partial charge is 0.295 e. The SMILES string of the molecule is CC(=O)C1=CCC(C)=CC(I)=C1. The van der Waals surface area contributed by atoms with E-state index in [1.165, 1.54) is 5.57 Å². The molecule has 0 aromatic rings. The third-order valence-electron chi connectivity index (χ3n) is 1.73. The minimum atomic E-state index is 0.146. The first-order valence-electron chi connectivity index (χ1n) is 3.85. The number of hydrogen-bond acceptors (Lipinski definition) is 1. The van der Waals surface area contributed by atoms with Gasteiger partial charge < -0.3 is 0 Å². The van der Waals surface area contributed by atoms with Gasteiger partial charge in [-0.05, 0) is 55.0 Å². The molecule has 2 heteroatoms. The highest BCUT2D eigenvalue weighted by Crippen LogP contribution is 2.20. The van der Waals surface area contributed by atoms with E-state index in [0.717, 1.165) is 15.6 Å². The van der Waals surface area contributed by atoms with E-state index in [4.69, 9.17) is 0 Å². The molecule has 0 atom stereocenters. The quantitative estimate of drug-likeness (QED) is 0.671. The van der Waals surface area contributed by atoms with Crippen molar-refractivity contribution in [2.24, 2.45) is 0 Å². The zero-order valence-corrected chi connectivity index (χ0v) is 9.38. The Bertz CT molecular complexity index is 295.